The summed E-state index contributed by atoms with van der Waals surface area (Å²) in [6, 6.07) is 8.24. The molecule has 0 aliphatic carbocycles. The van der Waals surface area contributed by atoms with Gasteiger partial charge in [-0.25, -0.2) is 0 Å². The Balaban J connectivity index is 0.000000791. The third kappa shape index (κ3) is 6.81. The van der Waals surface area contributed by atoms with Gasteiger partial charge in [-0.3, -0.25) is 0 Å². The van der Waals surface area contributed by atoms with Gasteiger partial charge in [0.2, 0.25) is 0 Å². The van der Waals surface area contributed by atoms with Crippen LogP contribution >= 0.6 is 25.2 Å². The molecule has 0 saturated carbocycles. The molecule has 0 saturated heterocycles. The molecule has 4 heteroatoms. The molecule has 0 spiro atoms. The normalized spacial score (nSPS) is 10.2. The van der Waals surface area contributed by atoms with E-state index < -0.39 is 0 Å². The summed E-state index contributed by atoms with van der Waals surface area (Å²) in [5, 5.41) is 0.677. The van der Waals surface area contributed by atoms with Crippen LogP contribution in [0.25, 0.3) is 0 Å². The number of hydrogen-bond donors (Lipinski definition) is 0. The Morgan fingerprint density at radius 1 is 1.36 bits per heavy atom. The van der Waals surface area contributed by atoms with Gasteiger partial charge >= 0.3 is 30.0 Å². The minimum atomic E-state index is -0.176. The Labute approximate surface area is 107 Å². The summed E-state index contributed by atoms with van der Waals surface area (Å²) in [6.45, 7) is 5.99. The topological polar surface area (TPSA) is 9.23 Å². The standard InChI is InChI=1S/C10H12ClO.BrH.Zn/c1-10(2,3)12-9-6-4-8(11)5-7-9;;/h4-6H,1-3H3;1H;/q-1;;+2/p-1. The molecule has 0 atom stereocenters. The second kappa shape index (κ2) is 6.82. The average molecular weight is 329 g/mol. The first-order valence-electron chi connectivity index (χ1n) is 4.10. The zero-order chi connectivity index (χ0) is 11.2. The molecule has 0 radical (unpaired) electrons. The van der Waals surface area contributed by atoms with Crippen molar-refractivity contribution >= 4 is 25.2 Å². The third-order valence-electron chi connectivity index (χ3n) is 1.16. The molecule has 1 aromatic rings. The fraction of sp³-hybridized carbons (Fsp3) is 0.400. The summed E-state index contributed by atoms with van der Waals surface area (Å²) in [6.07, 6.45) is 0. The molecular formula is C10H12BrClOZn. The molecule has 14 heavy (non-hydrogen) atoms. The number of rotatable bonds is 1. The van der Waals surface area contributed by atoms with Gasteiger partial charge in [-0.1, -0.05) is 5.02 Å². The molecule has 74 valence electrons. The maximum absolute atomic E-state index is 5.70. The van der Waals surface area contributed by atoms with Gasteiger partial charge in [0.05, 0.1) is 5.60 Å². The first-order valence-corrected chi connectivity index (χ1v) is 11.4. The van der Waals surface area contributed by atoms with Crippen LogP contribution in [0.5, 0.6) is 5.75 Å². The predicted octanol–water partition coefficient (Wildman–Crippen LogP) is 4.16. The summed E-state index contributed by atoms with van der Waals surface area (Å²) in [7, 11) is 0. The summed E-state index contributed by atoms with van der Waals surface area (Å²) >= 11 is 9.95. The van der Waals surface area contributed by atoms with Crippen molar-refractivity contribution in [1.82, 2.24) is 0 Å². The Kier molecular flexibility index (Phi) is 7.02. The van der Waals surface area contributed by atoms with Gasteiger partial charge in [0.15, 0.2) is 0 Å². The van der Waals surface area contributed by atoms with E-state index in [-0.39, 0.29) is 5.60 Å². The van der Waals surface area contributed by atoms with Crippen LogP contribution < -0.4 is 4.74 Å². The van der Waals surface area contributed by atoms with Gasteiger partial charge in [-0.2, -0.15) is 23.7 Å². The Morgan fingerprint density at radius 3 is 2.29 bits per heavy atom. The zero-order valence-corrected chi connectivity index (χ0v) is 13.9. The number of hydrogen-bond acceptors (Lipinski definition) is 1. The van der Waals surface area contributed by atoms with Crippen molar-refractivity contribution in [3.8, 4) is 5.75 Å². The first-order chi connectivity index (χ1) is 6.47. The molecule has 1 aromatic carbocycles. The molecule has 0 aromatic heterocycles. The van der Waals surface area contributed by atoms with Crippen molar-refractivity contribution in [2.45, 2.75) is 26.4 Å². The average Bonchev–Trinajstić information content (AvgIpc) is 2.10. The van der Waals surface area contributed by atoms with Crippen LogP contribution in [0.4, 0.5) is 0 Å². The Bertz CT molecular complexity index is 256. The van der Waals surface area contributed by atoms with Crippen LogP contribution in [-0.4, -0.2) is 5.60 Å². The Hall–Kier alpha value is 0.413. The van der Waals surface area contributed by atoms with Crippen LogP contribution in [0.2, 0.25) is 5.02 Å². The molecule has 0 bridgehead atoms. The third-order valence-corrected chi connectivity index (χ3v) is 1.40. The van der Waals surface area contributed by atoms with Crippen molar-refractivity contribution in [2.24, 2.45) is 0 Å². The van der Waals surface area contributed by atoms with Crippen molar-refractivity contribution in [3.05, 3.63) is 29.3 Å². The van der Waals surface area contributed by atoms with E-state index in [2.05, 4.69) is 19.7 Å². The fourth-order valence-corrected chi connectivity index (χ4v) is 0.902. The van der Waals surface area contributed by atoms with Gasteiger partial charge in [-0.05, 0) is 20.8 Å². The monoisotopic (exact) mass is 326 g/mol. The van der Waals surface area contributed by atoms with E-state index in [1.54, 1.807) is 12.1 Å². The molecule has 0 unspecified atom stereocenters. The maximum atomic E-state index is 5.70. The van der Waals surface area contributed by atoms with Crippen LogP contribution in [0.3, 0.4) is 0 Å². The Morgan fingerprint density at radius 2 is 1.93 bits per heavy atom. The molecule has 0 fully saturated rings. The zero-order valence-electron chi connectivity index (χ0n) is 8.60. The van der Waals surface area contributed by atoms with Gasteiger partial charge in [0, 0.05) is 5.75 Å². The molecule has 1 nitrogen and oxygen atoms in total. The van der Waals surface area contributed by atoms with Crippen LogP contribution in [0.1, 0.15) is 20.8 Å². The molecule has 0 heterocycles. The second-order valence-electron chi connectivity index (χ2n) is 3.59. The van der Waals surface area contributed by atoms with Crippen molar-refractivity contribution in [1.29, 1.82) is 0 Å². The second-order valence-corrected chi connectivity index (χ2v) is 4.02. The van der Waals surface area contributed by atoms with Crippen LogP contribution in [0.15, 0.2) is 18.2 Å². The van der Waals surface area contributed by atoms with Crippen LogP contribution in [-0.2, 0) is 16.3 Å². The van der Waals surface area contributed by atoms with Crippen molar-refractivity contribution in [3.63, 3.8) is 0 Å². The summed E-state index contributed by atoms with van der Waals surface area (Å²) in [5.74, 6) is 0.729. The van der Waals surface area contributed by atoms with E-state index in [1.165, 1.54) is 16.3 Å². The van der Waals surface area contributed by atoms with Gasteiger partial charge in [0.1, 0.15) is 0 Å². The van der Waals surface area contributed by atoms with E-state index in [9.17, 15) is 0 Å². The van der Waals surface area contributed by atoms with E-state index in [0.717, 1.165) is 5.75 Å². The summed E-state index contributed by atoms with van der Waals surface area (Å²) in [5.41, 5.74) is -0.176. The predicted molar refractivity (Wildman–Crippen MR) is 59.6 cm³/mol. The molecule has 0 amide bonds. The number of halogens is 2. The van der Waals surface area contributed by atoms with E-state index in [1.807, 2.05) is 26.8 Å². The minimum absolute atomic E-state index is 0.176. The molecule has 0 aliphatic rings. The summed E-state index contributed by atoms with van der Waals surface area (Å²) < 4.78 is 5.54. The van der Waals surface area contributed by atoms with E-state index in [0.29, 0.717) is 5.02 Å². The molecule has 1 rings (SSSR count). The van der Waals surface area contributed by atoms with E-state index in [4.69, 9.17) is 16.3 Å². The molecule has 0 N–H and O–H groups in total. The number of benzene rings is 1. The molecule has 0 aliphatic heterocycles. The van der Waals surface area contributed by atoms with Crippen molar-refractivity contribution in [2.75, 3.05) is 0 Å². The first kappa shape index (κ1) is 14.4. The number of ether oxygens (including phenoxy) is 1. The van der Waals surface area contributed by atoms with Gasteiger partial charge in [-0.15, -0.1) is 12.1 Å². The van der Waals surface area contributed by atoms with E-state index >= 15 is 0 Å². The quantitative estimate of drug-likeness (QED) is 0.555. The van der Waals surface area contributed by atoms with Crippen molar-refractivity contribution < 1.29 is 21.1 Å². The van der Waals surface area contributed by atoms with Crippen LogP contribution in [0, 0.1) is 6.07 Å². The SMILES string of the molecule is CC(C)(C)Oc1[c-]cc(Cl)cc1.[Zn+][Br]. The van der Waals surface area contributed by atoms with Gasteiger partial charge in [0.25, 0.3) is 0 Å². The molecular weight excluding hydrogens is 317 g/mol. The summed E-state index contributed by atoms with van der Waals surface area (Å²) in [4.78, 5) is 0. The fourth-order valence-electron chi connectivity index (χ4n) is 0.785. The van der Waals surface area contributed by atoms with Gasteiger partial charge < -0.3 is 4.74 Å².